The summed E-state index contributed by atoms with van der Waals surface area (Å²) in [6, 6.07) is 1.76. The minimum Gasteiger partial charge on any atom is -0.462 e. The molecular formula is C14H20N2O3S. The highest BCUT2D eigenvalue weighted by Gasteiger charge is 2.24. The van der Waals surface area contributed by atoms with Crippen LogP contribution >= 0.6 is 11.3 Å². The first-order valence-electron chi connectivity index (χ1n) is 6.91. The molecule has 1 aromatic heterocycles. The van der Waals surface area contributed by atoms with Crippen molar-refractivity contribution < 1.29 is 14.3 Å². The number of piperidine rings is 1. The van der Waals surface area contributed by atoms with Gasteiger partial charge in [0.15, 0.2) is 0 Å². The molecule has 0 radical (unpaired) electrons. The Balaban J connectivity index is 2.08. The second-order valence-electron chi connectivity index (χ2n) is 4.85. The molecule has 0 aliphatic carbocycles. The Morgan fingerprint density at radius 2 is 2.35 bits per heavy atom. The van der Waals surface area contributed by atoms with Crippen LogP contribution in [0.25, 0.3) is 0 Å². The summed E-state index contributed by atoms with van der Waals surface area (Å²) in [5.41, 5.74) is 0.450. The number of carbonyl (C=O) groups is 2. The first-order valence-corrected chi connectivity index (χ1v) is 7.72. The molecule has 5 nitrogen and oxygen atoms in total. The van der Waals surface area contributed by atoms with Crippen LogP contribution in [-0.4, -0.2) is 31.6 Å². The number of hydrogen-bond donors (Lipinski definition) is 2. The molecule has 0 saturated carbocycles. The Bertz CT molecular complexity index is 493. The molecule has 0 spiro atoms. The fourth-order valence-electron chi connectivity index (χ4n) is 2.26. The third kappa shape index (κ3) is 3.58. The van der Waals surface area contributed by atoms with Crippen LogP contribution in [0.5, 0.6) is 0 Å². The van der Waals surface area contributed by atoms with Gasteiger partial charge in [0.25, 0.3) is 0 Å². The first kappa shape index (κ1) is 15.0. The number of thiophene rings is 1. The van der Waals surface area contributed by atoms with Crippen LogP contribution in [0.15, 0.2) is 6.07 Å². The fraction of sp³-hybridized carbons (Fsp3) is 0.571. The van der Waals surface area contributed by atoms with Crippen molar-refractivity contribution in [1.29, 1.82) is 0 Å². The molecule has 1 aliphatic heterocycles. The fourth-order valence-corrected chi connectivity index (χ4v) is 3.16. The van der Waals surface area contributed by atoms with Crippen LogP contribution in [0.1, 0.15) is 35.0 Å². The zero-order chi connectivity index (χ0) is 14.5. The van der Waals surface area contributed by atoms with Crippen molar-refractivity contribution in [2.75, 3.05) is 25.0 Å². The van der Waals surface area contributed by atoms with Crippen LogP contribution in [0.4, 0.5) is 5.00 Å². The lowest BCUT2D eigenvalue weighted by atomic mass is 9.99. The van der Waals surface area contributed by atoms with E-state index in [4.69, 9.17) is 4.74 Å². The van der Waals surface area contributed by atoms with Gasteiger partial charge in [-0.2, -0.15) is 0 Å². The van der Waals surface area contributed by atoms with Crippen LogP contribution < -0.4 is 10.6 Å². The van der Waals surface area contributed by atoms with Gasteiger partial charge in [-0.15, -0.1) is 11.3 Å². The van der Waals surface area contributed by atoms with E-state index in [9.17, 15) is 9.59 Å². The van der Waals surface area contributed by atoms with E-state index in [0.717, 1.165) is 24.3 Å². The van der Waals surface area contributed by atoms with Crippen molar-refractivity contribution in [1.82, 2.24) is 5.32 Å². The van der Waals surface area contributed by atoms with Crippen molar-refractivity contribution in [2.45, 2.75) is 26.7 Å². The van der Waals surface area contributed by atoms with Crippen molar-refractivity contribution in [3.63, 3.8) is 0 Å². The van der Waals surface area contributed by atoms with E-state index in [-0.39, 0.29) is 17.8 Å². The summed E-state index contributed by atoms with van der Waals surface area (Å²) in [5, 5.41) is 6.69. The van der Waals surface area contributed by atoms with Gasteiger partial charge < -0.3 is 15.4 Å². The third-order valence-corrected chi connectivity index (χ3v) is 4.22. The number of carbonyl (C=O) groups excluding carboxylic acids is 2. The smallest absolute Gasteiger partial charge is 0.341 e. The molecule has 0 bridgehead atoms. The highest BCUT2D eigenvalue weighted by molar-refractivity contribution is 7.16. The number of ether oxygens (including phenoxy) is 1. The van der Waals surface area contributed by atoms with Crippen LogP contribution in [0.3, 0.4) is 0 Å². The Morgan fingerprint density at radius 3 is 3.00 bits per heavy atom. The minimum atomic E-state index is -0.381. The predicted octanol–water partition coefficient (Wildman–Crippen LogP) is 2.17. The third-order valence-electron chi connectivity index (χ3n) is 3.26. The summed E-state index contributed by atoms with van der Waals surface area (Å²) in [5.74, 6) is -0.431. The number of amides is 1. The van der Waals surface area contributed by atoms with E-state index in [1.807, 2.05) is 6.92 Å². The number of aryl methyl sites for hydroxylation is 1. The van der Waals surface area contributed by atoms with Gasteiger partial charge in [-0.25, -0.2) is 4.79 Å². The molecule has 2 heterocycles. The molecule has 2 N–H and O–H groups in total. The zero-order valence-corrected chi connectivity index (χ0v) is 12.6. The highest BCUT2D eigenvalue weighted by Crippen LogP contribution is 2.29. The number of hydrogen-bond acceptors (Lipinski definition) is 5. The molecule has 1 amide bonds. The van der Waals surface area contributed by atoms with Crippen LogP contribution in [0, 0.1) is 12.8 Å². The van der Waals surface area contributed by atoms with Gasteiger partial charge in [-0.05, 0) is 39.3 Å². The molecule has 1 atom stereocenters. The maximum Gasteiger partial charge on any atom is 0.341 e. The van der Waals surface area contributed by atoms with Crippen molar-refractivity contribution >= 4 is 28.2 Å². The lowest BCUT2D eigenvalue weighted by Gasteiger charge is -2.21. The van der Waals surface area contributed by atoms with Crippen LogP contribution in [-0.2, 0) is 9.53 Å². The van der Waals surface area contributed by atoms with Crippen molar-refractivity contribution in [2.24, 2.45) is 5.92 Å². The van der Waals surface area contributed by atoms with E-state index in [0.29, 0.717) is 23.7 Å². The molecule has 1 fully saturated rings. The molecule has 110 valence electrons. The molecule has 20 heavy (non-hydrogen) atoms. The number of rotatable bonds is 4. The van der Waals surface area contributed by atoms with Gasteiger partial charge in [0, 0.05) is 11.4 Å². The molecule has 1 aliphatic rings. The van der Waals surface area contributed by atoms with E-state index in [1.54, 1.807) is 13.0 Å². The Hall–Kier alpha value is -1.40. The number of nitrogens with one attached hydrogen (secondary N) is 2. The highest BCUT2D eigenvalue weighted by atomic mass is 32.1. The lowest BCUT2D eigenvalue weighted by Crippen LogP contribution is -2.37. The second-order valence-corrected chi connectivity index (χ2v) is 6.11. The molecule has 2 rings (SSSR count). The van der Waals surface area contributed by atoms with Gasteiger partial charge in [0.2, 0.25) is 5.91 Å². The minimum absolute atomic E-state index is 0.0235. The Labute approximate surface area is 122 Å². The van der Waals surface area contributed by atoms with E-state index in [1.165, 1.54) is 11.3 Å². The summed E-state index contributed by atoms with van der Waals surface area (Å²) in [6.45, 7) is 5.67. The summed E-state index contributed by atoms with van der Waals surface area (Å²) in [6.07, 6.45) is 1.89. The predicted molar refractivity (Wildman–Crippen MR) is 79.2 cm³/mol. The Morgan fingerprint density at radius 1 is 1.55 bits per heavy atom. The SMILES string of the molecule is CCOC(=O)c1cc(C)sc1NC(=O)C1CCCNC1. The quantitative estimate of drug-likeness (QED) is 0.836. The second kappa shape index (κ2) is 6.85. The van der Waals surface area contributed by atoms with Gasteiger partial charge in [-0.3, -0.25) is 4.79 Å². The van der Waals surface area contributed by atoms with Crippen LogP contribution in [0.2, 0.25) is 0 Å². The zero-order valence-electron chi connectivity index (χ0n) is 11.8. The van der Waals surface area contributed by atoms with Gasteiger partial charge >= 0.3 is 5.97 Å². The largest absolute Gasteiger partial charge is 0.462 e. The lowest BCUT2D eigenvalue weighted by molar-refractivity contribution is -0.120. The summed E-state index contributed by atoms with van der Waals surface area (Å²) >= 11 is 1.41. The molecule has 0 aromatic carbocycles. The first-order chi connectivity index (χ1) is 9.61. The van der Waals surface area contributed by atoms with Gasteiger partial charge in [0.1, 0.15) is 5.00 Å². The number of esters is 1. The average Bonchev–Trinajstić information content (AvgIpc) is 2.81. The Kier molecular flexibility index (Phi) is 5.14. The molecule has 1 saturated heterocycles. The standard InChI is InChI=1S/C14H20N2O3S/c1-3-19-14(18)11-7-9(2)20-13(11)16-12(17)10-5-4-6-15-8-10/h7,10,15H,3-6,8H2,1-2H3,(H,16,17). The van der Waals surface area contributed by atoms with E-state index in [2.05, 4.69) is 10.6 Å². The molecule has 1 aromatic rings. The maximum atomic E-state index is 12.2. The molecule has 1 unspecified atom stereocenters. The summed E-state index contributed by atoms with van der Waals surface area (Å²) in [7, 11) is 0. The monoisotopic (exact) mass is 296 g/mol. The van der Waals surface area contributed by atoms with Crippen molar-refractivity contribution in [3.05, 3.63) is 16.5 Å². The van der Waals surface area contributed by atoms with Gasteiger partial charge in [0.05, 0.1) is 18.1 Å². The number of anilines is 1. The van der Waals surface area contributed by atoms with E-state index < -0.39 is 0 Å². The van der Waals surface area contributed by atoms with Crippen molar-refractivity contribution in [3.8, 4) is 0 Å². The molecular weight excluding hydrogens is 276 g/mol. The summed E-state index contributed by atoms with van der Waals surface area (Å²) in [4.78, 5) is 25.0. The van der Waals surface area contributed by atoms with Gasteiger partial charge in [-0.1, -0.05) is 0 Å². The summed E-state index contributed by atoms with van der Waals surface area (Å²) < 4.78 is 5.01. The normalized spacial score (nSPS) is 18.6. The maximum absolute atomic E-state index is 12.2. The average molecular weight is 296 g/mol. The topological polar surface area (TPSA) is 67.4 Å². The van der Waals surface area contributed by atoms with E-state index >= 15 is 0 Å². The molecule has 6 heteroatoms.